The Morgan fingerprint density at radius 1 is 1.12 bits per heavy atom. The number of aromatic nitrogens is 1. The van der Waals surface area contributed by atoms with E-state index in [1.54, 1.807) is 23.5 Å². The minimum Gasteiger partial charge on any atom is -0.494 e. The van der Waals surface area contributed by atoms with Gasteiger partial charge < -0.3 is 14.7 Å². The second-order valence-corrected chi connectivity index (χ2v) is 8.85. The van der Waals surface area contributed by atoms with E-state index >= 15 is 0 Å². The van der Waals surface area contributed by atoms with Gasteiger partial charge >= 0.3 is 5.97 Å². The molecule has 1 heterocycles. The minimum atomic E-state index is -0.848. The Hall–Kier alpha value is -3.19. The Bertz CT molecular complexity index is 1330. The van der Waals surface area contributed by atoms with E-state index < -0.39 is 5.97 Å². The zero-order chi connectivity index (χ0) is 22.8. The zero-order valence-electron chi connectivity index (χ0n) is 18.5. The van der Waals surface area contributed by atoms with Gasteiger partial charge in [0.05, 0.1) is 27.4 Å². The molecule has 0 spiro atoms. The Morgan fingerprint density at radius 3 is 2.62 bits per heavy atom. The quantitative estimate of drug-likeness (QED) is 0.223. The first-order valence-electron chi connectivity index (χ1n) is 10.8. The van der Waals surface area contributed by atoms with Gasteiger partial charge in [-0.1, -0.05) is 0 Å². The summed E-state index contributed by atoms with van der Waals surface area (Å²) in [7, 11) is 0. The third-order valence-corrected chi connectivity index (χ3v) is 6.70. The number of fused-ring (bicyclic) bond motifs is 4. The molecule has 6 nitrogen and oxygen atoms in total. The summed E-state index contributed by atoms with van der Waals surface area (Å²) < 4.78 is 6.72. The summed E-state index contributed by atoms with van der Waals surface area (Å²) in [6, 6.07) is 11.4. The maximum Gasteiger partial charge on any atom is 0.303 e. The van der Waals surface area contributed by atoms with Gasteiger partial charge in [0.2, 0.25) is 0 Å². The Balaban J connectivity index is 1.79. The topological polar surface area (TPSA) is 79.7 Å². The van der Waals surface area contributed by atoms with Crippen molar-refractivity contribution in [2.24, 2.45) is 0 Å². The fourth-order valence-electron chi connectivity index (χ4n) is 3.98. The first-order chi connectivity index (χ1) is 15.4. The second-order valence-electron chi connectivity index (χ2n) is 7.77. The molecular formula is C25H26N2O4S. The molecule has 0 amide bonds. The Labute approximate surface area is 190 Å². The Morgan fingerprint density at radius 2 is 1.91 bits per heavy atom. The van der Waals surface area contributed by atoms with Crippen molar-refractivity contribution in [2.45, 2.75) is 33.6 Å². The molecule has 1 N–H and O–H groups in total. The highest BCUT2D eigenvalue weighted by Crippen LogP contribution is 2.37. The Kier molecular flexibility index (Phi) is 6.28. The lowest BCUT2D eigenvalue weighted by Gasteiger charge is -2.22. The van der Waals surface area contributed by atoms with E-state index in [1.807, 2.05) is 12.1 Å². The summed E-state index contributed by atoms with van der Waals surface area (Å²) in [5.74, 6) is -0.289. The first-order valence-corrected chi connectivity index (χ1v) is 11.6. The summed E-state index contributed by atoms with van der Waals surface area (Å²) in [6.45, 7) is 8.52. The van der Waals surface area contributed by atoms with Crippen molar-refractivity contribution in [3.05, 3.63) is 52.2 Å². The monoisotopic (exact) mass is 450 g/mol. The standard InChI is InChI=1S/C25H26N2O4S/c1-4-27(5-2)16-11-15(3)24-21(12-16)32-22-14-20(28)19-13-17(31-10-6-7-23(29)30)8-9-18(19)25(22)26-24/h8-9,11-14H,4-7,10H2,1-3H3,(H,29,30). The summed E-state index contributed by atoms with van der Waals surface area (Å²) in [5, 5.41) is 10.1. The van der Waals surface area contributed by atoms with Crippen LogP contribution in [0.5, 0.6) is 5.75 Å². The van der Waals surface area contributed by atoms with Gasteiger partial charge in [0, 0.05) is 42.0 Å². The number of aryl methyl sites for hydroxylation is 1. The number of hydrogen-bond donors (Lipinski definition) is 1. The number of carboxylic acid groups (broad SMARTS) is 1. The summed E-state index contributed by atoms with van der Waals surface area (Å²) in [6.07, 6.45) is 0.470. The molecule has 0 radical (unpaired) electrons. The van der Waals surface area contributed by atoms with Gasteiger partial charge in [0.1, 0.15) is 5.75 Å². The van der Waals surface area contributed by atoms with Crippen molar-refractivity contribution in [3.8, 4) is 16.3 Å². The van der Waals surface area contributed by atoms with Crippen LogP contribution in [0.3, 0.4) is 0 Å². The van der Waals surface area contributed by atoms with Crippen LogP contribution in [0.4, 0.5) is 5.69 Å². The van der Waals surface area contributed by atoms with Gasteiger partial charge in [-0.3, -0.25) is 9.59 Å². The van der Waals surface area contributed by atoms with Crippen molar-refractivity contribution in [3.63, 3.8) is 0 Å². The van der Waals surface area contributed by atoms with Crippen LogP contribution in [-0.4, -0.2) is 35.8 Å². The van der Waals surface area contributed by atoms with Crippen molar-refractivity contribution in [1.82, 2.24) is 4.98 Å². The third kappa shape index (κ3) is 4.25. The largest absolute Gasteiger partial charge is 0.494 e. The molecule has 4 rings (SSSR count). The molecule has 1 aliphatic heterocycles. The molecule has 0 saturated heterocycles. The molecule has 7 heteroatoms. The molecular weight excluding hydrogens is 424 g/mol. The van der Waals surface area contributed by atoms with Crippen molar-refractivity contribution < 1.29 is 14.6 Å². The number of nitrogens with zero attached hydrogens (tertiary/aromatic N) is 2. The van der Waals surface area contributed by atoms with Gasteiger partial charge in [0.25, 0.3) is 0 Å². The number of anilines is 1. The number of aliphatic carboxylic acids is 1. The van der Waals surface area contributed by atoms with Crippen LogP contribution in [0.2, 0.25) is 0 Å². The lowest BCUT2D eigenvalue weighted by molar-refractivity contribution is -0.137. The predicted molar refractivity (Wildman–Crippen MR) is 131 cm³/mol. The molecule has 0 atom stereocenters. The molecule has 0 fully saturated rings. The van der Waals surface area contributed by atoms with Crippen molar-refractivity contribution in [2.75, 3.05) is 24.6 Å². The van der Waals surface area contributed by atoms with Crippen LogP contribution < -0.4 is 15.1 Å². The van der Waals surface area contributed by atoms with E-state index in [2.05, 4.69) is 37.8 Å². The lowest BCUT2D eigenvalue weighted by atomic mass is 10.1. The molecule has 2 aromatic rings. The summed E-state index contributed by atoms with van der Waals surface area (Å²) in [4.78, 5) is 31.7. The van der Waals surface area contributed by atoms with E-state index in [9.17, 15) is 9.59 Å². The van der Waals surface area contributed by atoms with Gasteiger partial charge in [-0.15, -0.1) is 11.3 Å². The number of carboxylic acids is 1. The molecule has 1 aliphatic carbocycles. The number of carbonyl (C=O) groups is 1. The van der Waals surface area contributed by atoms with Crippen LogP contribution in [0, 0.1) is 6.92 Å². The highest BCUT2D eigenvalue weighted by molar-refractivity contribution is 7.21. The minimum absolute atomic E-state index is 0.0543. The van der Waals surface area contributed by atoms with E-state index in [1.165, 1.54) is 5.69 Å². The molecule has 2 aliphatic rings. The van der Waals surface area contributed by atoms with Gasteiger partial charge in [-0.25, -0.2) is 4.98 Å². The van der Waals surface area contributed by atoms with E-state index in [0.717, 1.165) is 44.8 Å². The average Bonchev–Trinajstić information content (AvgIpc) is 2.77. The lowest BCUT2D eigenvalue weighted by Crippen LogP contribution is -2.21. The maximum absolute atomic E-state index is 12.9. The molecule has 0 bridgehead atoms. The van der Waals surface area contributed by atoms with E-state index in [-0.39, 0.29) is 11.8 Å². The highest BCUT2D eigenvalue weighted by Gasteiger charge is 2.17. The maximum atomic E-state index is 12.9. The SMILES string of the molecule is CCN(CC)c1cc(C)c2nc3c4ccc(OCCCC(=O)O)cc4c(=O)cc-3sc2c1. The molecule has 166 valence electrons. The van der Waals surface area contributed by atoms with Gasteiger partial charge in [-0.2, -0.15) is 0 Å². The van der Waals surface area contributed by atoms with Crippen molar-refractivity contribution in [1.29, 1.82) is 0 Å². The molecule has 0 saturated carbocycles. The molecule has 32 heavy (non-hydrogen) atoms. The highest BCUT2D eigenvalue weighted by atomic mass is 32.1. The zero-order valence-corrected chi connectivity index (χ0v) is 19.3. The van der Waals surface area contributed by atoms with Gasteiger partial charge in [-0.05, 0) is 63.1 Å². The predicted octanol–water partition coefficient (Wildman–Crippen LogP) is 5.31. The number of benzene rings is 3. The van der Waals surface area contributed by atoms with Crippen LogP contribution in [-0.2, 0) is 4.79 Å². The second kappa shape index (κ2) is 9.12. The normalized spacial score (nSPS) is 11.3. The smallest absolute Gasteiger partial charge is 0.303 e. The third-order valence-electron chi connectivity index (χ3n) is 5.63. The summed E-state index contributed by atoms with van der Waals surface area (Å²) >= 11 is 1.59. The fourth-order valence-corrected chi connectivity index (χ4v) is 5.12. The molecule has 0 aromatic heterocycles. The average molecular weight is 451 g/mol. The molecule has 0 unspecified atom stereocenters. The summed E-state index contributed by atoms with van der Waals surface area (Å²) in [5.41, 5.74) is 3.98. The van der Waals surface area contributed by atoms with Crippen LogP contribution in [0.25, 0.3) is 31.6 Å². The van der Waals surface area contributed by atoms with E-state index in [0.29, 0.717) is 24.2 Å². The van der Waals surface area contributed by atoms with Crippen LogP contribution in [0.1, 0.15) is 32.3 Å². The molecule has 2 aromatic carbocycles. The fraction of sp³-hybridized carbons (Fsp3) is 0.320. The van der Waals surface area contributed by atoms with Gasteiger partial charge in [0.15, 0.2) is 5.43 Å². The number of ether oxygens (including phenoxy) is 1. The first kappa shape index (κ1) is 22.0. The van der Waals surface area contributed by atoms with Crippen molar-refractivity contribution >= 4 is 44.0 Å². The van der Waals surface area contributed by atoms with E-state index in [4.69, 9.17) is 14.8 Å². The van der Waals surface area contributed by atoms with Crippen LogP contribution in [0.15, 0.2) is 41.2 Å². The van der Waals surface area contributed by atoms with Crippen LogP contribution >= 0.6 is 11.3 Å². The number of rotatable bonds is 8. The number of hydrogen-bond acceptors (Lipinski definition) is 6.